The third-order valence-electron chi connectivity index (χ3n) is 3.65. The Morgan fingerprint density at radius 2 is 1.94 bits per heavy atom. The quantitative estimate of drug-likeness (QED) is 0.310. The van der Waals surface area contributed by atoms with Crippen molar-refractivity contribution in [3.05, 3.63) is 0 Å². The van der Waals surface area contributed by atoms with Gasteiger partial charge in [-0.05, 0) is 24.7 Å². The minimum Gasteiger partial charge on any atom is -0.409 e. The summed E-state index contributed by atoms with van der Waals surface area (Å²) in [6.45, 7) is 7.03. The maximum atomic E-state index is 12.3. The highest BCUT2D eigenvalue weighted by Gasteiger charge is 2.45. The molecule has 0 bridgehead atoms. The van der Waals surface area contributed by atoms with E-state index in [4.69, 9.17) is 10.9 Å². The summed E-state index contributed by atoms with van der Waals surface area (Å²) in [5.74, 6) is -0.0483. The number of carbonyl (C=O) groups is 1. The van der Waals surface area contributed by atoms with Gasteiger partial charge in [-0.1, -0.05) is 38.8 Å². The van der Waals surface area contributed by atoms with Crippen molar-refractivity contribution in [3.63, 3.8) is 0 Å². The predicted molar refractivity (Wildman–Crippen MR) is 71.4 cm³/mol. The van der Waals surface area contributed by atoms with Crippen LogP contribution in [0.4, 0.5) is 0 Å². The van der Waals surface area contributed by atoms with Crippen molar-refractivity contribution in [2.75, 3.05) is 6.54 Å². The topological polar surface area (TPSA) is 87.7 Å². The van der Waals surface area contributed by atoms with E-state index in [1.165, 1.54) is 0 Å². The second kappa shape index (κ2) is 5.59. The Hall–Kier alpha value is -1.26. The standard InChI is InChI=1S/C13H25N3O2/c1-12(2,3)8-9-15-11(17)13(10(14)16-18)6-4-5-7-13/h18H,4-9H2,1-3H3,(H2,14,16)(H,15,17). The lowest BCUT2D eigenvalue weighted by Crippen LogP contribution is -2.48. The zero-order valence-corrected chi connectivity index (χ0v) is 11.6. The van der Waals surface area contributed by atoms with Crippen molar-refractivity contribution >= 4 is 11.7 Å². The molecule has 5 heteroatoms. The van der Waals surface area contributed by atoms with Gasteiger partial charge in [0.25, 0.3) is 0 Å². The van der Waals surface area contributed by atoms with E-state index >= 15 is 0 Å². The number of amides is 1. The summed E-state index contributed by atoms with van der Waals surface area (Å²) >= 11 is 0. The van der Waals surface area contributed by atoms with Gasteiger partial charge in [0.15, 0.2) is 5.84 Å². The molecule has 1 aliphatic carbocycles. The SMILES string of the molecule is CC(C)(C)CCNC(=O)C1(C(N)=NO)CCCC1. The molecule has 0 aromatic rings. The average molecular weight is 255 g/mol. The molecule has 0 aromatic carbocycles. The van der Waals surface area contributed by atoms with E-state index < -0.39 is 5.41 Å². The van der Waals surface area contributed by atoms with Crippen molar-refractivity contribution in [1.82, 2.24) is 5.32 Å². The lowest BCUT2D eigenvalue weighted by Gasteiger charge is -2.27. The molecule has 0 aromatic heterocycles. The van der Waals surface area contributed by atoms with Gasteiger partial charge in [-0.15, -0.1) is 0 Å². The first kappa shape index (κ1) is 14.8. The number of rotatable bonds is 4. The molecule has 1 saturated carbocycles. The molecule has 4 N–H and O–H groups in total. The molecule has 0 saturated heterocycles. The number of carbonyl (C=O) groups excluding carboxylic acids is 1. The second-order valence-corrected chi connectivity index (χ2v) is 6.34. The first-order valence-electron chi connectivity index (χ1n) is 6.58. The monoisotopic (exact) mass is 255 g/mol. The second-order valence-electron chi connectivity index (χ2n) is 6.34. The van der Waals surface area contributed by atoms with E-state index in [-0.39, 0.29) is 17.2 Å². The van der Waals surface area contributed by atoms with Crippen molar-refractivity contribution in [2.24, 2.45) is 21.7 Å². The van der Waals surface area contributed by atoms with Crippen LogP contribution >= 0.6 is 0 Å². The summed E-state index contributed by atoms with van der Waals surface area (Å²) in [6, 6.07) is 0. The lowest BCUT2D eigenvalue weighted by atomic mass is 9.83. The Balaban J connectivity index is 2.62. The van der Waals surface area contributed by atoms with E-state index in [2.05, 4.69) is 31.2 Å². The first-order chi connectivity index (χ1) is 8.32. The fraction of sp³-hybridized carbons (Fsp3) is 0.846. The number of hydrogen-bond donors (Lipinski definition) is 3. The fourth-order valence-corrected chi connectivity index (χ4v) is 2.39. The number of nitrogens with zero attached hydrogens (tertiary/aromatic N) is 1. The van der Waals surface area contributed by atoms with Crippen LogP contribution in [0, 0.1) is 10.8 Å². The Morgan fingerprint density at radius 1 is 1.39 bits per heavy atom. The molecule has 0 unspecified atom stereocenters. The zero-order valence-electron chi connectivity index (χ0n) is 11.6. The molecule has 0 heterocycles. The van der Waals surface area contributed by atoms with Gasteiger partial charge >= 0.3 is 0 Å². The molecule has 0 aliphatic heterocycles. The van der Waals surface area contributed by atoms with Gasteiger partial charge in [0.1, 0.15) is 5.41 Å². The Bertz CT molecular complexity index is 326. The third-order valence-corrected chi connectivity index (χ3v) is 3.65. The Kier molecular flexibility index (Phi) is 4.59. The van der Waals surface area contributed by atoms with E-state index in [9.17, 15) is 4.79 Å². The number of amidine groups is 1. The van der Waals surface area contributed by atoms with Crippen LogP contribution in [-0.4, -0.2) is 23.5 Å². The van der Waals surface area contributed by atoms with Crippen LogP contribution in [0.25, 0.3) is 0 Å². The smallest absolute Gasteiger partial charge is 0.233 e. The number of hydrogen-bond acceptors (Lipinski definition) is 3. The lowest BCUT2D eigenvalue weighted by molar-refractivity contribution is -0.127. The van der Waals surface area contributed by atoms with Crippen molar-refractivity contribution < 1.29 is 10.0 Å². The van der Waals surface area contributed by atoms with Crippen LogP contribution < -0.4 is 11.1 Å². The molecule has 1 fully saturated rings. The highest BCUT2D eigenvalue weighted by Crippen LogP contribution is 2.38. The van der Waals surface area contributed by atoms with Crippen molar-refractivity contribution in [1.29, 1.82) is 0 Å². The Labute approximate surface area is 109 Å². The van der Waals surface area contributed by atoms with Gasteiger partial charge in [0.05, 0.1) is 0 Å². The molecular weight excluding hydrogens is 230 g/mol. The molecule has 1 amide bonds. The molecule has 1 rings (SSSR count). The fourth-order valence-electron chi connectivity index (χ4n) is 2.39. The molecular formula is C13H25N3O2. The summed E-state index contributed by atoms with van der Waals surface area (Å²) in [6.07, 6.45) is 4.14. The van der Waals surface area contributed by atoms with E-state index in [0.717, 1.165) is 19.3 Å². The number of oxime groups is 1. The molecule has 0 atom stereocenters. The van der Waals surface area contributed by atoms with Crippen LogP contribution in [0.2, 0.25) is 0 Å². The molecule has 18 heavy (non-hydrogen) atoms. The largest absolute Gasteiger partial charge is 0.409 e. The first-order valence-corrected chi connectivity index (χ1v) is 6.58. The van der Waals surface area contributed by atoms with Gasteiger partial charge in [0.2, 0.25) is 5.91 Å². The predicted octanol–water partition coefficient (Wildman–Crippen LogP) is 1.85. The van der Waals surface area contributed by atoms with E-state index in [1.54, 1.807) is 0 Å². The van der Waals surface area contributed by atoms with Gasteiger partial charge in [0, 0.05) is 6.54 Å². The van der Waals surface area contributed by atoms with Crippen molar-refractivity contribution in [3.8, 4) is 0 Å². The van der Waals surface area contributed by atoms with E-state index in [0.29, 0.717) is 19.4 Å². The molecule has 0 radical (unpaired) electrons. The summed E-state index contributed by atoms with van der Waals surface area (Å²) in [5, 5.41) is 14.8. The van der Waals surface area contributed by atoms with Crippen LogP contribution in [0.5, 0.6) is 0 Å². The van der Waals surface area contributed by atoms with Gasteiger partial charge in [-0.2, -0.15) is 0 Å². The number of nitrogens with two attached hydrogens (primary N) is 1. The minimum absolute atomic E-state index is 0.0493. The molecule has 1 aliphatic rings. The Morgan fingerprint density at radius 3 is 2.39 bits per heavy atom. The van der Waals surface area contributed by atoms with Crippen LogP contribution in [0.3, 0.4) is 0 Å². The summed E-state index contributed by atoms with van der Waals surface area (Å²) in [4.78, 5) is 12.3. The normalized spacial score (nSPS) is 19.8. The van der Waals surface area contributed by atoms with Crippen molar-refractivity contribution in [2.45, 2.75) is 52.9 Å². The maximum absolute atomic E-state index is 12.3. The average Bonchev–Trinajstić information content (AvgIpc) is 2.76. The van der Waals surface area contributed by atoms with Crippen LogP contribution in [0.1, 0.15) is 52.9 Å². The summed E-state index contributed by atoms with van der Waals surface area (Å²) in [7, 11) is 0. The molecule has 5 nitrogen and oxygen atoms in total. The summed E-state index contributed by atoms with van der Waals surface area (Å²) < 4.78 is 0. The van der Waals surface area contributed by atoms with Gasteiger partial charge in [-0.3, -0.25) is 4.79 Å². The third kappa shape index (κ3) is 3.37. The highest BCUT2D eigenvalue weighted by molar-refractivity contribution is 6.07. The minimum atomic E-state index is -0.785. The highest BCUT2D eigenvalue weighted by atomic mass is 16.4. The van der Waals surface area contributed by atoms with Crippen LogP contribution in [0.15, 0.2) is 5.16 Å². The molecule has 0 spiro atoms. The summed E-state index contributed by atoms with van der Waals surface area (Å²) in [5.41, 5.74) is 5.11. The van der Waals surface area contributed by atoms with Crippen LogP contribution in [-0.2, 0) is 4.79 Å². The molecule has 104 valence electrons. The number of nitrogens with one attached hydrogen (secondary N) is 1. The van der Waals surface area contributed by atoms with E-state index in [1.807, 2.05) is 0 Å². The zero-order chi connectivity index (χ0) is 13.8. The maximum Gasteiger partial charge on any atom is 0.233 e. The van der Waals surface area contributed by atoms with Gasteiger partial charge < -0.3 is 16.3 Å². The van der Waals surface area contributed by atoms with Gasteiger partial charge in [-0.25, -0.2) is 0 Å².